The smallest absolute Gasteiger partial charge is 0.262 e. The normalized spacial score (nSPS) is 10.8. The van der Waals surface area contributed by atoms with Gasteiger partial charge in [-0.1, -0.05) is 12.1 Å². The first-order chi connectivity index (χ1) is 10.6. The van der Waals surface area contributed by atoms with Crippen LogP contribution in [-0.2, 0) is 6.54 Å². The van der Waals surface area contributed by atoms with Crippen LogP contribution in [0.5, 0.6) is 0 Å². The fraction of sp³-hybridized carbons (Fsp3) is 0.188. The second-order valence-electron chi connectivity index (χ2n) is 4.86. The quantitative estimate of drug-likeness (QED) is 0.743. The molecule has 0 bridgehead atoms. The first-order valence-electron chi connectivity index (χ1n) is 6.73. The number of aryl methyl sites for hydroxylation is 1. The lowest BCUT2D eigenvalue weighted by Gasteiger charge is -2.08. The van der Waals surface area contributed by atoms with Gasteiger partial charge in [-0.15, -0.1) is 11.3 Å². The summed E-state index contributed by atoms with van der Waals surface area (Å²) in [5.74, 6) is 0.281. The number of nitriles is 1. The molecule has 22 heavy (non-hydrogen) atoms. The van der Waals surface area contributed by atoms with Crippen molar-refractivity contribution in [2.45, 2.75) is 19.9 Å². The first kappa shape index (κ1) is 14.4. The molecule has 0 saturated carbocycles. The van der Waals surface area contributed by atoms with Gasteiger partial charge in [-0.3, -0.25) is 9.36 Å². The molecule has 0 atom stereocenters. The molecule has 4 nitrogen and oxygen atoms in total. The number of nitrogens with zero attached hydrogens (tertiary/aromatic N) is 3. The van der Waals surface area contributed by atoms with E-state index in [1.165, 1.54) is 28.0 Å². The molecular formula is C16H12FN3OS. The molecule has 6 heteroatoms. The van der Waals surface area contributed by atoms with Crippen molar-refractivity contribution in [2.75, 3.05) is 0 Å². The van der Waals surface area contributed by atoms with Gasteiger partial charge in [0.15, 0.2) is 0 Å². The fourth-order valence-corrected chi connectivity index (χ4v) is 3.38. The standard InChI is InChI=1S/C16H12FN3OS/c1-10-19-15-14(16(21)20(10)8-2-7-18)13(9-22-15)11-3-5-12(17)6-4-11/h3-6,9H,2,8H2,1H3. The number of benzene rings is 1. The minimum atomic E-state index is -0.316. The van der Waals surface area contributed by atoms with Crippen LogP contribution in [0, 0.1) is 24.1 Å². The van der Waals surface area contributed by atoms with E-state index in [-0.39, 0.29) is 17.8 Å². The van der Waals surface area contributed by atoms with Crippen molar-refractivity contribution in [2.24, 2.45) is 0 Å². The predicted octanol–water partition coefficient (Wildman–Crippen LogP) is 3.49. The topological polar surface area (TPSA) is 58.7 Å². The Labute approximate surface area is 130 Å². The van der Waals surface area contributed by atoms with Gasteiger partial charge in [0.05, 0.1) is 17.9 Å². The maximum absolute atomic E-state index is 13.1. The zero-order valence-corrected chi connectivity index (χ0v) is 12.7. The third kappa shape index (κ3) is 2.40. The van der Waals surface area contributed by atoms with Gasteiger partial charge >= 0.3 is 0 Å². The second kappa shape index (κ2) is 5.70. The van der Waals surface area contributed by atoms with E-state index < -0.39 is 0 Å². The highest BCUT2D eigenvalue weighted by molar-refractivity contribution is 7.17. The maximum Gasteiger partial charge on any atom is 0.262 e. The molecule has 2 heterocycles. The highest BCUT2D eigenvalue weighted by Crippen LogP contribution is 2.31. The molecule has 0 aliphatic rings. The summed E-state index contributed by atoms with van der Waals surface area (Å²) in [6, 6.07) is 8.07. The molecule has 0 unspecified atom stereocenters. The van der Waals surface area contributed by atoms with E-state index in [0.717, 1.165) is 11.1 Å². The first-order valence-corrected chi connectivity index (χ1v) is 7.61. The Morgan fingerprint density at radius 2 is 2.09 bits per heavy atom. The summed E-state index contributed by atoms with van der Waals surface area (Å²) in [5, 5.41) is 11.1. The Bertz CT molecular complexity index is 935. The van der Waals surface area contributed by atoms with Gasteiger partial charge in [0.25, 0.3) is 5.56 Å². The minimum Gasteiger partial charge on any atom is -0.295 e. The van der Waals surface area contributed by atoms with Crippen molar-refractivity contribution in [1.82, 2.24) is 9.55 Å². The lowest BCUT2D eigenvalue weighted by Crippen LogP contribution is -2.23. The number of fused-ring (bicyclic) bond motifs is 1. The Kier molecular flexibility index (Phi) is 3.73. The third-order valence-corrected chi connectivity index (χ3v) is 4.36. The fourth-order valence-electron chi connectivity index (χ4n) is 2.39. The Balaban J connectivity index is 2.23. The van der Waals surface area contributed by atoms with Gasteiger partial charge in [-0.05, 0) is 24.6 Å². The highest BCUT2D eigenvalue weighted by Gasteiger charge is 2.15. The van der Waals surface area contributed by atoms with E-state index >= 15 is 0 Å². The van der Waals surface area contributed by atoms with Crippen LogP contribution < -0.4 is 5.56 Å². The highest BCUT2D eigenvalue weighted by atomic mass is 32.1. The van der Waals surface area contributed by atoms with E-state index in [2.05, 4.69) is 4.98 Å². The van der Waals surface area contributed by atoms with E-state index in [0.29, 0.717) is 22.6 Å². The van der Waals surface area contributed by atoms with E-state index in [4.69, 9.17) is 5.26 Å². The summed E-state index contributed by atoms with van der Waals surface area (Å²) in [4.78, 5) is 17.8. The number of rotatable bonds is 3. The van der Waals surface area contributed by atoms with Gasteiger partial charge in [0.2, 0.25) is 0 Å². The van der Waals surface area contributed by atoms with Crippen LogP contribution in [0.3, 0.4) is 0 Å². The van der Waals surface area contributed by atoms with Gasteiger partial charge in [-0.25, -0.2) is 9.37 Å². The monoisotopic (exact) mass is 313 g/mol. The average molecular weight is 313 g/mol. The van der Waals surface area contributed by atoms with Crippen molar-refractivity contribution < 1.29 is 4.39 Å². The SMILES string of the molecule is Cc1nc2scc(-c3ccc(F)cc3)c2c(=O)n1CCC#N. The van der Waals surface area contributed by atoms with Crippen LogP contribution in [-0.4, -0.2) is 9.55 Å². The third-order valence-electron chi connectivity index (χ3n) is 3.49. The van der Waals surface area contributed by atoms with Crippen molar-refractivity contribution >= 4 is 21.6 Å². The summed E-state index contributed by atoms with van der Waals surface area (Å²) >= 11 is 1.39. The van der Waals surface area contributed by atoms with Gasteiger partial charge in [0, 0.05) is 17.5 Å². The van der Waals surface area contributed by atoms with E-state index in [1.807, 2.05) is 11.4 Å². The number of aromatic nitrogens is 2. The molecule has 0 aliphatic carbocycles. The number of hydrogen-bond donors (Lipinski definition) is 0. The number of hydrogen-bond acceptors (Lipinski definition) is 4. The van der Waals surface area contributed by atoms with Crippen LogP contribution in [0.15, 0.2) is 34.4 Å². The van der Waals surface area contributed by atoms with Crippen molar-refractivity contribution in [3.63, 3.8) is 0 Å². The zero-order valence-electron chi connectivity index (χ0n) is 11.8. The Morgan fingerprint density at radius 3 is 2.77 bits per heavy atom. The van der Waals surface area contributed by atoms with E-state index in [9.17, 15) is 9.18 Å². The van der Waals surface area contributed by atoms with Crippen molar-refractivity contribution in [3.8, 4) is 17.2 Å². The molecule has 0 radical (unpaired) electrons. The van der Waals surface area contributed by atoms with Crippen LogP contribution in [0.25, 0.3) is 21.3 Å². The molecule has 3 rings (SSSR count). The summed E-state index contributed by atoms with van der Waals surface area (Å²) < 4.78 is 14.6. The molecule has 1 aromatic carbocycles. The molecular weight excluding hydrogens is 301 g/mol. The Hall–Kier alpha value is -2.52. The molecule has 2 aromatic heterocycles. The van der Waals surface area contributed by atoms with Crippen LogP contribution in [0.2, 0.25) is 0 Å². The number of halogens is 1. The molecule has 0 N–H and O–H groups in total. The van der Waals surface area contributed by atoms with Crippen LogP contribution in [0.1, 0.15) is 12.2 Å². The molecule has 0 amide bonds. The van der Waals surface area contributed by atoms with Crippen LogP contribution >= 0.6 is 11.3 Å². The average Bonchev–Trinajstić information content (AvgIpc) is 2.92. The summed E-state index contributed by atoms with van der Waals surface area (Å²) in [6.07, 6.45) is 0.254. The molecule has 0 fully saturated rings. The summed E-state index contributed by atoms with van der Waals surface area (Å²) in [7, 11) is 0. The summed E-state index contributed by atoms with van der Waals surface area (Å²) in [6.45, 7) is 2.08. The lowest BCUT2D eigenvalue weighted by molar-refractivity contribution is 0.628. The maximum atomic E-state index is 13.1. The Morgan fingerprint density at radius 1 is 1.36 bits per heavy atom. The van der Waals surface area contributed by atoms with Gasteiger partial charge in [-0.2, -0.15) is 5.26 Å². The van der Waals surface area contributed by atoms with Crippen molar-refractivity contribution in [1.29, 1.82) is 5.26 Å². The van der Waals surface area contributed by atoms with Gasteiger partial charge in [0.1, 0.15) is 16.5 Å². The van der Waals surface area contributed by atoms with Crippen LogP contribution in [0.4, 0.5) is 4.39 Å². The zero-order chi connectivity index (χ0) is 15.7. The number of thiophene rings is 1. The lowest BCUT2D eigenvalue weighted by atomic mass is 10.1. The second-order valence-corrected chi connectivity index (χ2v) is 5.72. The molecule has 0 spiro atoms. The molecule has 0 saturated heterocycles. The van der Waals surface area contributed by atoms with Gasteiger partial charge < -0.3 is 0 Å². The van der Waals surface area contributed by atoms with E-state index in [1.54, 1.807) is 19.1 Å². The van der Waals surface area contributed by atoms with Crippen molar-refractivity contribution in [3.05, 3.63) is 51.6 Å². The summed E-state index contributed by atoms with van der Waals surface area (Å²) in [5.41, 5.74) is 1.38. The molecule has 3 aromatic rings. The molecule has 110 valence electrons. The molecule has 0 aliphatic heterocycles. The minimum absolute atomic E-state index is 0.154. The predicted molar refractivity (Wildman–Crippen MR) is 84.2 cm³/mol. The largest absolute Gasteiger partial charge is 0.295 e.